The molecule has 0 atom stereocenters. The van der Waals surface area contributed by atoms with Gasteiger partial charge >= 0.3 is 0 Å². The van der Waals surface area contributed by atoms with Crippen molar-refractivity contribution in [2.75, 3.05) is 25.1 Å². The third-order valence-electron chi connectivity index (χ3n) is 3.65. The predicted octanol–water partition coefficient (Wildman–Crippen LogP) is 3.31. The van der Waals surface area contributed by atoms with Gasteiger partial charge in [-0.25, -0.2) is 0 Å². The van der Waals surface area contributed by atoms with Crippen LogP contribution in [0.1, 0.15) is 25.3 Å². The van der Waals surface area contributed by atoms with Crippen LogP contribution in [-0.2, 0) is 4.74 Å². The van der Waals surface area contributed by atoms with Crippen LogP contribution in [-0.4, -0.2) is 24.7 Å². The van der Waals surface area contributed by atoms with Crippen molar-refractivity contribution < 1.29 is 4.74 Å². The molecule has 0 unspecified atom stereocenters. The van der Waals surface area contributed by atoms with E-state index in [1.54, 1.807) is 0 Å². The minimum absolute atomic E-state index is 0.277. The summed E-state index contributed by atoms with van der Waals surface area (Å²) in [6.45, 7) is 4.90. The van der Waals surface area contributed by atoms with E-state index in [0.717, 1.165) is 48.3 Å². The number of nitrogens with one attached hydrogen (secondary N) is 1. The third kappa shape index (κ3) is 3.91. The molecule has 19 heavy (non-hydrogen) atoms. The molecule has 1 aromatic carbocycles. The second-order valence-corrected chi connectivity index (χ2v) is 6.69. The Labute approximate surface area is 128 Å². The Bertz CT molecular complexity index is 473. The van der Waals surface area contributed by atoms with E-state index in [1.807, 2.05) is 18.2 Å². The summed E-state index contributed by atoms with van der Waals surface area (Å²) in [5, 5.41) is 3.49. The molecule has 0 amide bonds. The molecule has 0 saturated carbocycles. The highest BCUT2D eigenvalue weighted by Crippen LogP contribution is 2.31. The Hall–Kier alpha value is -0.650. The van der Waals surface area contributed by atoms with Gasteiger partial charge in [0.1, 0.15) is 4.99 Å². The monoisotopic (exact) mass is 342 g/mol. The van der Waals surface area contributed by atoms with E-state index in [2.05, 4.69) is 28.2 Å². The smallest absolute Gasteiger partial charge is 0.106 e. The van der Waals surface area contributed by atoms with Crippen LogP contribution in [0.4, 0.5) is 5.69 Å². The van der Waals surface area contributed by atoms with Crippen molar-refractivity contribution in [3.05, 3.63) is 28.2 Å². The van der Waals surface area contributed by atoms with Gasteiger partial charge in [-0.1, -0.05) is 35.1 Å². The van der Waals surface area contributed by atoms with E-state index in [0.29, 0.717) is 4.99 Å². The summed E-state index contributed by atoms with van der Waals surface area (Å²) >= 11 is 8.55. The van der Waals surface area contributed by atoms with E-state index in [-0.39, 0.29) is 5.41 Å². The molecular formula is C14H19BrN2OS. The van der Waals surface area contributed by atoms with E-state index in [9.17, 15) is 0 Å². The van der Waals surface area contributed by atoms with Crippen LogP contribution in [0.3, 0.4) is 0 Å². The maximum absolute atomic E-state index is 5.78. The standard InChI is InChI=1S/C14H19BrN2OS/c1-14(4-6-18-7-5-14)9-17-12-3-2-10(15)8-11(12)13(16)19/h2-3,8,17H,4-7,9H2,1H3,(H2,16,19). The zero-order chi connectivity index (χ0) is 13.9. The Balaban J connectivity index is 2.08. The molecular weight excluding hydrogens is 324 g/mol. The number of ether oxygens (including phenoxy) is 1. The van der Waals surface area contributed by atoms with E-state index >= 15 is 0 Å². The Morgan fingerprint density at radius 1 is 1.47 bits per heavy atom. The fourth-order valence-electron chi connectivity index (χ4n) is 2.22. The van der Waals surface area contributed by atoms with Crippen molar-refractivity contribution in [2.24, 2.45) is 11.1 Å². The van der Waals surface area contributed by atoms with Crippen LogP contribution in [0, 0.1) is 5.41 Å². The number of benzene rings is 1. The van der Waals surface area contributed by atoms with E-state index < -0.39 is 0 Å². The molecule has 104 valence electrons. The van der Waals surface area contributed by atoms with Gasteiger partial charge in [-0.05, 0) is 36.5 Å². The van der Waals surface area contributed by atoms with Crippen LogP contribution in [0.25, 0.3) is 0 Å². The first-order valence-corrected chi connectivity index (χ1v) is 7.61. The first-order chi connectivity index (χ1) is 9.00. The zero-order valence-corrected chi connectivity index (χ0v) is 13.4. The summed E-state index contributed by atoms with van der Waals surface area (Å²) in [4.78, 5) is 0.418. The molecule has 1 saturated heterocycles. The van der Waals surface area contributed by atoms with Crippen LogP contribution < -0.4 is 11.1 Å². The Kier molecular flexibility index (Phi) is 4.81. The fourth-order valence-corrected chi connectivity index (χ4v) is 2.75. The highest BCUT2D eigenvalue weighted by molar-refractivity contribution is 9.10. The number of rotatable bonds is 4. The lowest BCUT2D eigenvalue weighted by Crippen LogP contribution is -2.33. The number of thiocarbonyl (C=S) groups is 1. The fraction of sp³-hybridized carbons (Fsp3) is 0.500. The molecule has 1 aliphatic rings. The molecule has 1 aromatic rings. The summed E-state index contributed by atoms with van der Waals surface area (Å²) in [5.74, 6) is 0. The van der Waals surface area contributed by atoms with Crippen LogP contribution in [0.5, 0.6) is 0 Å². The zero-order valence-electron chi connectivity index (χ0n) is 11.0. The van der Waals surface area contributed by atoms with Gasteiger partial charge in [0.25, 0.3) is 0 Å². The van der Waals surface area contributed by atoms with Gasteiger partial charge < -0.3 is 15.8 Å². The maximum atomic E-state index is 5.78. The van der Waals surface area contributed by atoms with Gasteiger partial charge in [-0.2, -0.15) is 0 Å². The van der Waals surface area contributed by atoms with E-state index in [1.165, 1.54) is 0 Å². The normalized spacial score (nSPS) is 18.0. The van der Waals surface area contributed by atoms with Gasteiger partial charge in [0.2, 0.25) is 0 Å². The first kappa shape index (κ1) is 14.8. The van der Waals surface area contributed by atoms with Gasteiger partial charge in [-0.15, -0.1) is 0 Å². The number of anilines is 1. The second-order valence-electron chi connectivity index (χ2n) is 5.33. The lowest BCUT2D eigenvalue weighted by molar-refractivity contribution is 0.0300. The molecule has 5 heteroatoms. The molecule has 3 nitrogen and oxygen atoms in total. The van der Waals surface area contributed by atoms with Crippen molar-refractivity contribution in [1.29, 1.82) is 0 Å². The summed E-state index contributed by atoms with van der Waals surface area (Å²) < 4.78 is 6.40. The average Bonchev–Trinajstić information content (AvgIpc) is 2.38. The SMILES string of the molecule is CC1(CNc2ccc(Br)cc2C(N)=S)CCOCC1. The largest absolute Gasteiger partial charge is 0.389 e. The van der Waals surface area contributed by atoms with Gasteiger partial charge in [0.15, 0.2) is 0 Å². The lowest BCUT2D eigenvalue weighted by atomic mass is 9.82. The average molecular weight is 343 g/mol. The topological polar surface area (TPSA) is 47.3 Å². The number of halogens is 1. The molecule has 0 aliphatic carbocycles. The quantitative estimate of drug-likeness (QED) is 0.824. The molecule has 0 bridgehead atoms. The van der Waals surface area contributed by atoms with Gasteiger partial charge in [0.05, 0.1) is 0 Å². The van der Waals surface area contributed by atoms with Crippen LogP contribution in [0.15, 0.2) is 22.7 Å². The summed E-state index contributed by atoms with van der Waals surface area (Å²) in [6, 6.07) is 5.97. The number of hydrogen-bond donors (Lipinski definition) is 2. The molecule has 1 fully saturated rings. The Morgan fingerprint density at radius 2 is 2.16 bits per heavy atom. The van der Waals surface area contributed by atoms with Crippen molar-refractivity contribution in [3.63, 3.8) is 0 Å². The molecule has 0 radical (unpaired) electrons. The maximum Gasteiger partial charge on any atom is 0.106 e. The van der Waals surface area contributed by atoms with Crippen LogP contribution >= 0.6 is 28.1 Å². The van der Waals surface area contributed by atoms with E-state index in [4.69, 9.17) is 22.7 Å². The lowest BCUT2D eigenvalue weighted by Gasteiger charge is -2.34. The second kappa shape index (κ2) is 6.20. The first-order valence-electron chi connectivity index (χ1n) is 6.41. The Morgan fingerprint density at radius 3 is 2.79 bits per heavy atom. The molecule has 0 spiro atoms. The van der Waals surface area contributed by atoms with Gasteiger partial charge in [-0.3, -0.25) is 0 Å². The minimum atomic E-state index is 0.277. The van der Waals surface area contributed by atoms with Crippen molar-refractivity contribution in [1.82, 2.24) is 0 Å². The third-order valence-corrected chi connectivity index (χ3v) is 4.37. The molecule has 1 aliphatic heterocycles. The summed E-state index contributed by atoms with van der Waals surface area (Å²) in [6.07, 6.45) is 2.16. The predicted molar refractivity (Wildman–Crippen MR) is 86.7 cm³/mol. The number of hydrogen-bond acceptors (Lipinski definition) is 3. The minimum Gasteiger partial charge on any atom is -0.389 e. The van der Waals surface area contributed by atoms with Gasteiger partial charge in [0, 0.05) is 35.5 Å². The van der Waals surface area contributed by atoms with Crippen molar-refractivity contribution in [3.8, 4) is 0 Å². The molecule has 2 rings (SSSR count). The number of nitrogens with two attached hydrogens (primary N) is 1. The highest BCUT2D eigenvalue weighted by atomic mass is 79.9. The molecule has 0 aromatic heterocycles. The summed E-state index contributed by atoms with van der Waals surface area (Å²) in [5.41, 5.74) is 7.94. The highest BCUT2D eigenvalue weighted by Gasteiger charge is 2.27. The molecule has 1 heterocycles. The molecule has 3 N–H and O–H groups in total. The summed E-state index contributed by atoms with van der Waals surface area (Å²) in [7, 11) is 0. The van der Waals surface area contributed by atoms with Crippen LogP contribution in [0.2, 0.25) is 0 Å². The van der Waals surface area contributed by atoms with Crippen molar-refractivity contribution in [2.45, 2.75) is 19.8 Å². The van der Waals surface area contributed by atoms with Crippen molar-refractivity contribution >= 4 is 38.8 Å².